The highest BCUT2D eigenvalue weighted by atomic mass is 79.9. The quantitative estimate of drug-likeness (QED) is 0.535. The predicted molar refractivity (Wildman–Crippen MR) is 106 cm³/mol. The summed E-state index contributed by atoms with van der Waals surface area (Å²) < 4.78 is 10.7. The van der Waals surface area contributed by atoms with E-state index in [1.165, 1.54) is 6.08 Å². The summed E-state index contributed by atoms with van der Waals surface area (Å²) in [6, 6.07) is 12.0. The van der Waals surface area contributed by atoms with Gasteiger partial charge in [0.05, 0.1) is 18.7 Å². The summed E-state index contributed by atoms with van der Waals surface area (Å²) in [5.41, 5.74) is 1.91. The highest BCUT2D eigenvalue weighted by Gasteiger charge is 2.07. The Kier molecular flexibility index (Phi) is 6.74. The third-order valence-electron chi connectivity index (χ3n) is 3.51. The fraction of sp³-hybridized carbons (Fsp3) is 0.100. The van der Waals surface area contributed by atoms with Crippen molar-refractivity contribution in [3.05, 3.63) is 70.7 Å². The summed E-state index contributed by atoms with van der Waals surface area (Å²) in [4.78, 5) is 23.8. The Morgan fingerprint density at radius 1 is 1.04 bits per heavy atom. The van der Waals surface area contributed by atoms with Crippen LogP contribution in [0.25, 0.3) is 6.08 Å². The van der Waals surface area contributed by atoms with Gasteiger partial charge in [-0.3, -0.25) is 9.59 Å². The Morgan fingerprint density at radius 3 is 2.27 bits per heavy atom. The molecule has 26 heavy (non-hydrogen) atoms. The van der Waals surface area contributed by atoms with Crippen molar-refractivity contribution in [2.75, 3.05) is 19.5 Å². The van der Waals surface area contributed by atoms with Crippen LogP contribution in [0.5, 0.6) is 11.5 Å². The Labute approximate surface area is 160 Å². The van der Waals surface area contributed by atoms with Crippen LogP contribution >= 0.6 is 15.9 Å². The van der Waals surface area contributed by atoms with Crippen LogP contribution < -0.4 is 14.8 Å². The van der Waals surface area contributed by atoms with Crippen molar-refractivity contribution in [2.45, 2.75) is 0 Å². The molecule has 0 fully saturated rings. The van der Waals surface area contributed by atoms with Gasteiger partial charge in [0.1, 0.15) is 0 Å². The summed E-state index contributed by atoms with van der Waals surface area (Å²) in [6.07, 6.45) is 3.18. The minimum atomic E-state index is -0.336. The molecule has 2 aromatic rings. The van der Waals surface area contributed by atoms with Crippen molar-refractivity contribution in [3.63, 3.8) is 0 Å². The Balaban J connectivity index is 2.08. The number of rotatable bonds is 7. The Bertz CT molecular complexity index is 857. The Morgan fingerprint density at radius 2 is 1.69 bits per heavy atom. The molecular weight excluding hydrogens is 398 g/mol. The molecule has 0 spiro atoms. The van der Waals surface area contributed by atoms with Crippen molar-refractivity contribution in [2.24, 2.45) is 0 Å². The topological polar surface area (TPSA) is 64.6 Å². The maximum Gasteiger partial charge on any atom is 0.262 e. The highest BCUT2D eigenvalue weighted by Crippen LogP contribution is 2.28. The van der Waals surface area contributed by atoms with Gasteiger partial charge in [0, 0.05) is 11.3 Å². The van der Waals surface area contributed by atoms with Gasteiger partial charge in [-0.1, -0.05) is 18.7 Å². The zero-order chi connectivity index (χ0) is 19.1. The van der Waals surface area contributed by atoms with E-state index in [0.717, 1.165) is 5.56 Å². The smallest absolute Gasteiger partial charge is 0.262 e. The largest absolute Gasteiger partial charge is 0.493 e. The number of amides is 1. The van der Waals surface area contributed by atoms with Crippen molar-refractivity contribution in [1.29, 1.82) is 0 Å². The number of carbonyl (C=O) groups excluding carboxylic acids is 2. The summed E-state index contributed by atoms with van der Waals surface area (Å²) in [7, 11) is 3.12. The molecule has 2 aromatic carbocycles. The summed E-state index contributed by atoms with van der Waals surface area (Å²) in [5.74, 6) is 0.732. The summed E-state index contributed by atoms with van der Waals surface area (Å²) in [6.45, 7) is 3.50. The van der Waals surface area contributed by atoms with Crippen molar-refractivity contribution < 1.29 is 19.1 Å². The van der Waals surface area contributed by atoms with E-state index < -0.39 is 0 Å². The molecule has 0 radical (unpaired) electrons. The molecule has 6 heteroatoms. The molecule has 0 heterocycles. The van der Waals surface area contributed by atoms with E-state index in [-0.39, 0.29) is 16.2 Å². The molecule has 0 aliphatic rings. The number of hydrogen-bond acceptors (Lipinski definition) is 4. The number of halogens is 1. The highest BCUT2D eigenvalue weighted by molar-refractivity contribution is 9.12. The maximum atomic E-state index is 12.3. The van der Waals surface area contributed by atoms with Crippen LogP contribution in [-0.2, 0) is 4.79 Å². The molecule has 0 aliphatic carbocycles. The molecule has 0 unspecified atom stereocenters. The molecule has 0 bridgehead atoms. The average molecular weight is 416 g/mol. The molecule has 1 N–H and O–H groups in total. The monoisotopic (exact) mass is 415 g/mol. The van der Waals surface area contributed by atoms with Gasteiger partial charge < -0.3 is 14.8 Å². The van der Waals surface area contributed by atoms with Crippen LogP contribution in [-0.4, -0.2) is 25.9 Å². The van der Waals surface area contributed by atoms with E-state index in [0.29, 0.717) is 22.7 Å². The second-order valence-corrected chi connectivity index (χ2v) is 6.21. The molecule has 0 atom stereocenters. The molecule has 0 saturated heterocycles. The van der Waals surface area contributed by atoms with Crippen molar-refractivity contribution in [1.82, 2.24) is 0 Å². The van der Waals surface area contributed by atoms with E-state index in [1.54, 1.807) is 56.7 Å². The first-order valence-corrected chi connectivity index (χ1v) is 8.44. The van der Waals surface area contributed by atoms with Crippen LogP contribution in [0.1, 0.15) is 15.9 Å². The molecule has 0 saturated carbocycles. The van der Waals surface area contributed by atoms with E-state index in [1.807, 2.05) is 6.07 Å². The fourth-order valence-electron chi connectivity index (χ4n) is 2.14. The van der Waals surface area contributed by atoms with Gasteiger partial charge >= 0.3 is 0 Å². The number of hydrogen-bond donors (Lipinski definition) is 1. The first-order chi connectivity index (χ1) is 12.4. The van der Waals surface area contributed by atoms with E-state index in [2.05, 4.69) is 27.8 Å². The number of ether oxygens (including phenoxy) is 2. The molecular formula is C20H18BrNO4. The number of anilines is 1. The van der Waals surface area contributed by atoms with Crippen molar-refractivity contribution >= 4 is 39.4 Å². The lowest BCUT2D eigenvalue weighted by molar-refractivity contribution is -0.112. The molecule has 0 aromatic heterocycles. The predicted octanol–water partition coefficient (Wildman–Crippen LogP) is 4.45. The van der Waals surface area contributed by atoms with Gasteiger partial charge in [-0.05, 0) is 64.0 Å². The van der Waals surface area contributed by atoms with Gasteiger partial charge in [-0.25, -0.2) is 0 Å². The maximum absolute atomic E-state index is 12.3. The van der Waals surface area contributed by atoms with Gasteiger partial charge in [-0.2, -0.15) is 0 Å². The SMILES string of the molecule is C=C(Br)C(=O)Nc1ccc(C(=O)/C=C/c2ccc(OC)c(OC)c2)cc1. The van der Waals surface area contributed by atoms with Crippen LogP contribution in [0.4, 0.5) is 5.69 Å². The standard InChI is InChI=1S/C20H18BrNO4/c1-13(21)20(24)22-16-8-6-15(7-9-16)17(23)10-4-14-5-11-18(25-2)19(12-14)26-3/h4-12H,1H2,2-3H3,(H,22,24)/b10-4+. The van der Waals surface area contributed by atoms with Crippen LogP contribution in [0.15, 0.2) is 59.6 Å². The number of carbonyl (C=O) groups is 2. The number of benzene rings is 2. The van der Waals surface area contributed by atoms with E-state index >= 15 is 0 Å². The molecule has 2 rings (SSSR count). The third kappa shape index (κ3) is 5.07. The van der Waals surface area contributed by atoms with Gasteiger partial charge in [0.15, 0.2) is 17.3 Å². The summed E-state index contributed by atoms with van der Waals surface area (Å²) >= 11 is 3.01. The van der Waals surface area contributed by atoms with Crippen LogP contribution in [0.2, 0.25) is 0 Å². The number of allylic oxidation sites excluding steroid dienone is 1. The van der Waals surface area contributed by atoms with Gasteiger partial charge in [0.2, 0.25) is 0 Å². The number of ketones is 1. The zero-order valence-electron chi connectivity index (χ0n) is 14.4. The van der Waals surface area contributed by atoms with E-state index in [4.69, 9.17) is 9.47 Å². The Hall–Kier alpha value is -2.86. The molecule has 0 aliphatic heterocycles. The first-order valence-electron chi connectivity index (χ1n) is 7.65. The van der Waals surface area contributed by atoms with Crippen molar-refractivity contribution in [3.8, 4) is 11.5 Å². The fourth-order valence-corrected chi connectivity index (χ4v) is 2.24. The average Bonchev–Trinajstić information content (AvgIpc) is 2.66. The van der Waals surface area contributed by atoms with Gasteiger partial charge in [0.25, 0.3) is 5.91 Å². The normalized spacial score (nSPS) is 10.4. The lowest BCUT2D eigenvalue weighted by Crippen LogP contribution is -2.10. The lowest BCUT2D eigenvalue weighted by Gasteiger charge is -2.07. The molecule has 1 amide bonds. The zero-order valence-corrected chi connectivity index (χ0v) is 16.0. The first kappa shape index (κ1) is 19.5. The van der Waals surface area contributed by atoms with Gasteiger partial charge in [-0.15, -0.1) is 0 Å². The van der Waals surface area contributed by atoms with Crippen LogP contribution in [0.3, 0.4) is 0 Å². The minimum Gasteiger partial charge on any atom is -0.493 e. The number of nitrogens with one attached hydrogen (secondary N) is 1. The van der Waals surface area contributed by atoms with Crippen LogP contribution in [0, 0.1) is 0 Å². The summed E-state index contributed by atoms with van der Waals surface area (Å²) in [5, 5.41) is 2.65. The molecule has 5 nitrogen and oxygen atoms in total. The number of methoxy groups -OCH3 is 2. The minimum absolute atomic E-state index is 0.150. The second-order valence-electron chi connectivity index (χ2n) is 5.25. The van der Waals surface area contributed by atoms with E-state index in [9.17, 15) is 9.59 Å². The second kappa shape index (κ2) is 9.01. The third-order valence-corrected chi connectivity index (χ3v) is 3.87. The lowest BCUT2D eigenvalue weighted by atomic mass is 10.1. The molecule has 134 valence electrons.